The van der Waals surface area contributed by atoms with Gasteiger partial charge in [0.1, 0.15) is 17.1 Å². The van der Waals surface area contributed by atoms with Gasteiger partial charge in [-0.2, -0.15) is 0 Å². The highest BCUT2D eigenvalue weighted by atomic mass is 35.5. The molecule has 1 aromatic carbocycles. The molecule has 250 valence electrons. The molecule has 3 heterocycles. The predicted octanol–water partition coefficient (Wildman–Crippen LogP) is 2.63. The second-order valence-electron chi connectivity index (χ2n) is 11.8. The van der Waals surface area contributed by atoms with Crippen LogP contribution < -0.4 is 4.74 Å². The molecule has 2 saturated heterocycles. The van der Waals surface area contributed by atoms with E-state index in [-0.39, 0.29) is 60.9 Å². The molecule has 2 fully saturated rings. The Balaban J connectivity index is 0.00000353. The van der Waals surface area contributed by atoms with E-state index in [1.54, 1.807) is 59.6 Å². The van der Waals surface area contributed by atoms with E-state index in [1.165, 1.54) is 0 Å². The minimum atomic E-state index is -1.04. The Morgan fingerprint density at radius 1 is 0.689 bits per heavy atom. The van der Waals surface area contributed by atoms with Crippen molar-refractivity contribution in [3.63, 3.8) is 0 Å². The maximum atomic E-state index is 14.5. The quantitative estimate of drug-likeness (QED) is 0.391. The van der Waals surface area contributed by atoms with Crippen LogP contribution in [0.15, 0.2) is 24.3 Å². The van der Waals surface area contributed by atoms with Crippen molar-refractivity contribution in [1.29, 1.82) is 0 Å². The van der Waals surface area contributed by atoms with Crippen LogP contribution in [0.25, 0.3) is 5.69 Å². The van der Waals surface area contributed by atoms with Gasteiger partial charge in [0.05, 0.1) is 18.9 Å². The molecule has 0 saturated carbocycles. The van der Waals surface area contributed by atoms with E-state index in [4.69, 9.17) is 4.74 Å². The Bertz CT molecular complexity index is 1270. The highest BCUT2D eigenvalue weighted by molar-refractivity contribution is 6.02. The molecule has 4 rings (SSSR count). The SMILES string of the molecule is COc1ccc(-n2c(C(=O)N3CCN(C)CC3)c(CC(C)C(=O)O)c(CC(C)C(=O)O)c2C(=O)N2CCN(C)CC2)cc1.Cl.Cl. The fourth-order valence-electron chi connectivity index (χ4n) is 5.65. The number of nitrogens with zero attached hydrogens (tertiary/aromatic N) is 5. The number of carboxylic acids is 2. The van der Waals surface area contributed by atoms with E-state index < -0.39 is 23.8 Å². The van der Waals surface area contributed by atoms with Crippen LogP contribution in [0.3, 0.4) is 0 Å². The first-order chi connectivity index (χ1) is 20.4. The van der Waals surface area contributed by atoms with Gasteiger partial charge < -0.3 is 39.1 Å². The minimum Gasteiger partial charge on any atom is -0.497 e. The van der Waals surface area contributed by atoms with Crippen LogP contribution in [-0.4, -0.2) is 132 Å². The van der Waals surface area contributed by atoms with Crippen molar-refractivity contribution in [2.75, 3.05) is 73.6 Å². The lowest BCUT2D eigenvalue weighted by molar-refractivity contribution is -0.142. The molecule has 2 atom stereocenters. The largest absolute Gasteiger partial charge is 0.497 e. The van der Waals surface area contributed by atoms with Gasteiger partial charge in [0.15, 0.2) is 0 Å². The van der Waals surface area contributed by atoms with E-state index in [0.717, 1.165) is 0 Å². The normalized spacial score (nSPS) is 17.1. The monoisotopic (exact) mass is 669 g/mol. The van der Waals surface area contributed by atoms with Crippen molar-refractivity contribution in [1.82, 2.24) is 24.2 Å². The number of carbonyl (C=O) groups excluding carboxylic acids is 2. The van der Waals surface area contributed by atoms with Gasteiger partial charge in [0.25, 0.3) is 11.8 Å². The second-order valence-corrected chi connectivity index (χ2v) is 11.8. The smallest absolute Gasteiger partial charge is 0.306 e. The van der Waals surface area contributed by atoms with Gasteiger partial charge in [-0.25, -0.2) is 0 Å². The number of ether oxygens (including phenoxy) is 1. The first kappa shape index (κ1) is 37.9. The number of amides is 2. The van der Waals surface area contributed by atoms with Gasteiger partial charge in [-0.3, -0.25) is 19.2 Å². The average molecular weight is 671 g/mol. The Labute approximate surface area is 276 Å². The molecule has 2 amide bonds. The van der Waals surface area contributed by atoms with Crippen LogP contribution in [0.1, 0.15) is 46.0 Å². The summed E-state index contributed by atoms with van der Waals surface area (Å²) in [6, 6.07) is 7.00. The zero-order chi connectivity index (χ0) is 31.4. The van der Waals surface area contributed by atoms with E-state index in [9.17, 15) is 29.4 Å². The van der Waals surface area contributed by atoms with E-state index in [2.05, 4.69) is 9.80 Å². The Kier molecular flexibility index (Phi) is 13.7. The van der Waals surface area contributed by atoms with Crippen LogP contribution in [0.4, 0.5) is 0 Å². The lowest BCUT2D eigenvalue weighted by Crippen LogP contribution is -2.48. The van der Waals surface area contributed by atoms with Crippen LogP contribution in [0.5, 0.6) is 5.75 Å². The fourth-order valence-corrected chi connectivity index (χ4v) is 5.65. The molecular weight excluding hydrogens is 625 g/mol. The van der Waals surface area contributed by atoms with Gasteiger partial charge >= 0.3 is 11.9 Å². The van der Waals surface area contributed by atoms with Gasteiger partial charge in [0.2, 0.25) is 0 Å². The number of rotatable bonds is 10. The number of carbonyl (C=O) groups is 4. The number of piperazine rings is 2. The third-order valence-electron chi connectivity index (χ3n) is 8.56. The lowest BCUT2D eigenvalue weighted by Gasteiger charge is -2.34. The van der Waals surface area contributed by atoms with Crippen LogP contribution in [0.2, 0.25) is 0 Å². The Morgan fingerprint density at radius 3 is 1.36 bits per heavy atom. The molecule has 2 aliphatic heterocycles. The first-order valence-corrected chi connectivity index (χ1v) is 14.7. The number of carboxylic acid groups (broad SMARTS) is 2. The molecule has 14 heteroatoms. The van der Waals surface area contributed by atoms with Gasteiger partial charge in [-0.1, -0.05) is 13.8 Å². The number of benzene rings is 1. The van der Waals surface area contributed by atoms with Crippen LogP contribution in [0, 0.1) is 11.8 Å². The molecule has 2 N–H and O–H groups in total. The fraction of sp³-hybridized carbons (Fsp3) is 0.548. The predicted molar refractivity (Wildman–Crippen MR) is 175 cm³/mol. The summed E-state index contributed by atoms with van der Waals surface area (Å²) >= 11 is 0. The third-order valence-corrected chi connectivity index (χ3v) is 8.56. The van der Waals surface area contributed by atoms with E-state index in [0.29, 0.717) is 74.9 Å². The van der Waals surface area contributed by atoms with E-state index >= 15 is 0 Å². The summed E-state index contributed by atoms with van der Waals surface area (Å²) in [5.74, 6) is -3.86. The number of aromatic nitrogens is 1. The highest BCUT2D eigenvalue weighted by Gasteiger charge is 2.37. The van der Waals surface area contributed by atoms with Crippen molar-refractivity contribution in [2.45, 2.75) is 26.7 Å². The summed E-state index contributed by atoms with van der Waals surface area (Å²) in [6.07, 6.45) is -0.0595. The average Bonchev–Trinajstić information content (AvgIpc) is 3.30. The minimum absolute atomic E-state index is 0. The summed E-state index contributed by atoms with van der Waals surface area (Å²) < 4.78 is 7.01. The van der Waals surface area contributed by atoms with E-state index in [1.807, 2.05) is 14.1 Å². The second kappa shape index (κ2) is 16.3. The molecule has 0 radical (unpaired) electrons. The van der Waals surface area contributed by atoms with Gasteiger partial charge in [-0.05, 0) is 62.3 Å². The summed E-state index contributed by atoms with van der Waals surface area (Å²) in [5.41, 5.74) is 1.80. The van der Waals surface area contributed by atoms with Crippen LogP contribution >= 0.6 is 24.8 Å². The van der Waals surface area contributed by atoms with Crippen molar-refractivity contribution >= 4 is 48.6 Å². The van der Waals surface area contributed by atoms with Gasteiger partial charge in [-0.15, -0.1) is 24.8 Å². The number of likely N-dealkylation sites (N-methyl/N-ethyl adjacent to an activating group) is 2. The molecule has 2 aliphatic rings. The zero-order valence-corrected chi connectivity index (χ0v) is 28.2. The standard InChI is InChI=1S/C31H43N5O7.2ClH/c1-20(30(39)40)18-24-25(19-21(2)31(41)42)27(29(38)35-16-12-33(4)13-17-35)36(22-6-8-23(43-5)9-7-22)26(24)28(37)34-14-10-32(3)11-15-34;;/h6-9,20-21H,10-19H2,1-5H3,(H,39,40)(H,41,42);2*1H. The van der Waals surface area contributed by atoms with Crippen molar-refractivity contribution in [3.05, 3.63) is 46.8 Å². The number of hydrogen-bond acceptors (Lipinski definition) is 7. The van der Waals surface area contributed by atoms with Gasteiger partial charge in [0, 0.05) is 58.0 Å². The lowest BCUT2D eigenvalue weighted by atomic mass is 9.91. The number of hydrogen-bond donors (Lipinski definition) is 2. The topological polar surface area (TPSA) is 136 Å². The molecule has 0 spiro atoms. The van der Waals surface area contributed by atoms with Crippen molar-refractivity contribution < 1.29 is 34.1 Å². The molecule has 1 aromatic heterocycles. The molecule has 12 nitrogen and oxygen atoms in total. The van der Waals surface area contributed by atoms with Crippen molar-refractivity contribution in [2.24, 2.45) is 11.8 Å². The Hall–Kier alpha value is -3.32. The summed E-state index contributed by atoms with van der Waals surface area (Å²) in [7, 11) is 5.52. The molecule has 45 heavy (non-hydrogen) atoms. The molecular formula is C31H45Cl2N5O7. The summed E-state index contributed by atoms with van der Waals surface area (Å²) in [5, 5.41) is 19.8. The zero-order valence-electron chi connectivity index (χ0n) is 26.5. The number of aliphatic carboxylic acids is 2. The molecule has 0 bridgehead atoms. The summed E-state index contributed by atoms with van der Waals surface area (Å²) in [6.45, 7) is 7.70. The number of methoxy groups -OCH3 is 1. The molecule has 2 unspecified atom stereocenters. The maximum Gasteiger partial charge on any atom is 0.306 e. The van der Waals surface area contributed by atoms with Crippen LogP contribution in [-0.2, 0) is 22.4 Å². The Morgan fingerprint density at radius 2 is 1.04 bits per heavy atom. The maximum absolute atomic E-state index is 14.5. The third kappa shape index (κ3) is 8.49. The first-order valence-electron chi connectivity index (χ1n) is 14.7. The highest BCUT2D eigenvalue weighted by Crippen LogP contribution is 2.34. The molecule has 0 aliphatic carbocycles. The molecule has 2 aromatic rings. The number of halogens is 2. The summed E-state index contributed by atoms with van der Waals surface area (Å²) in [4.78, 5) is 60.9. The van der Waals surface area contributed by atoms with Crippen molar-refractivity contribution in [3.8, 4) is 11.4 Å².